The number of H-pyrrole nitrogens is 1. The number of alkyl halides is 2. The Balaban J connectivity index is 2.08. The highest BCUT2D eigenvalue weighted by atomic mass is 35.5. The van der Waals surface area contributed by atoms with Crippen LogP contribution in [0.1, 0.15) is 29.4 Å². The quantitative estimate of drug-likeness (QED) is 0.502. The first kappa shape index (κ1) is 23.6. The molecule has 0 bridgehead atoms. The number of halogens is 3. The largest absolute Gasteiger partial charge is 0.449 e. The van der Waals surface area contributed by atoms with E-state index in [0.717, 1.165) is 17.1 Å². The average molecular weight is 472 g/mol. The Kier molecular flexibility index (Phi) is 6.55. The van der Waals surface area contributed by atoms with Crippen molar-refractivity contribution in [3.8, 4) is 17.6 Å². The molecule has 33 heavy (non-hydrogen) atoms. The van der Waals surface area contributed by atoms with Gasteiger partial charge in [-0.3, -0.25) is 14.2 Å². The Morgan fingerprint density at radius 3 is 2.73 bits per heavy atom. The number of aromatic amines is 1. The fraction of sp³-hybridized carbons (Fsp3) is 0.136. The first-order valence-corrected chi connectivity index (χ1v) is 9.69. The molecule has 2 N–H and O–H groups in total. The molecule has 0 radical (unpaired) electrons. The van der Waals surface area contributed by atoms with E-state index in [2.05, 4.69) is 16.5 Å². The predicted octanol–water partition coefficient (Wildman–Crippen LogP) is 4.07. The lowest BCUT2D eigenvalue weighted by molar-refractivity contribution is 0.0101. The van der Waals surface area contributed by atoms with Gasteiger partial charge < -0.3 is 15.1 Å². The molecule has 2 heterocycles. The van der Waals surface area contributed by atoms with E-state index in [0.29, 0.717) is 12.6 Å². The molecule has 0 atom stereocenters. The minimum atomic E-state index is -3.52. The van der Waals surface area contributed by atoms with Gasteiger partial charge in [-0.25, -0.2) is 4.98 Å². The summed E-state index contributed by atoms with van der Waals surface area (Å²) in [6, 6.07) is 8.62. The highest BCUT2D eigenvalue weighted by molar-refractivity contribution is 6.30. The van der Waals surface area contributed by atoms with Crippen molar-refractivity contribution >= 4 is 23.4 Å². The lowest BCUT2D eigenvalue weighted by Gasteiger charge is -2.16. The van der Waals surface area contributed by atoms with Gasteiger partial charge in [0.2, 0.25) is 5.75 Å². The number of hydrogen-bond acceptors (Lipinski definition) is 6. The molecule has 8 nitrogen and oxygen atoms in total. The molecular weight excluding hydrogens is 456 g/mol. The van der Waals surface area contributed by atoms with Crippen molar-refractivity contribution in [1.29, 1.82) is 10.7 Å². The van der Waals surface area contributed by atoms with Gasteiger partial charge in [0.1, 0.15) is 5.75 Å². The Bertz CT molecular complexity index is 1420. The summed E-state index contributed by atoms with van der Waals surface area (Å²) in [4.78, 5) is 31.6. The molecular formula is C22H16ClF2N5O3. The summed E-state index contributed by atoms with van der Waals surface area (Å²) in [6.45, 7) is 3.89. The number of ether oxygens (including phenoxy) is 1. The second-order valence-electron chi connectivity index (χ2n) is 7.03. The van der Waals surface area contributed by atoms with Gasteiger partial charge in [-0.1, -0.05) is 18.2 Å². The van der Waals surface area contributed by atoms with Crippen LogP contribution in [0, 0.1) is 16.7 Å². The SMILES string of the molecule is C=C(C=N)c1ccc(Cn2cnc(C(C)(F)F)c(Oc3cc(Cl)cc(C#N)c3)c2=O)c(=O)[nH]1. The van der Waals surface area contributed by atoms with Gasteiger partial charge in [0, 0.05) is 35.0 Å². The van der Waals surface area contributed by atoms with Gasteiger partial charge in [0.25, 0.3) is 17.0 Å². The molecule has 0 saturated carbocycles. The van der Waals surface area contributed by atoms with Crippen LogP contribution in [-0.4, -0.2) is 20.7 Å². The summed E-state index contributed by atoms with van der Waals surface area (Å²) < 4.78 is 34.7. The molecule has 0 unspecified atom stereocenters. The third kappa shape index (κ3) is 5.22. The van der Waals surface area contributed by atoms with Gasteiger partial charge in [0.05, 0.1) is 24.5 Å². The van der Waals surface area contributed by atoms with E-state index in [-0.39, 0.29) is 34.0 Å². The molecule has 0 aliphatic carbocycles. The van der Waals surface area contributed by atoms with E-state index in [1.807, 2.05) is 6.07 Å². The highest BCUT2D eigenvalue weighted by Gasteiger charge is 2.33. The van der Waals surface area contributed by atoms with E-state index in [1.165, 1.54) is 30.3 Å². The second-order valence-corrected chi connectivity index (χ2v) is 7.47. The van der Waals surface area contributed by atoms with Crippen molar-refractivity contribution in [2.45, 2.75) is 19.4 Å². The van der Waals surface area contributed by atoms with Gasteiger partial charge in [-0.05, 0) is 30.3 Å². The molecule has 1 aromatic carbocycles. The third-order valence-corrected chi connectivity index (χ3v) is 4.70. The van der Waals surface area contributed by atoms with Crippen LogP contribution in [0.25, 0.3) is 5.57 Å². The third-order valence-electron chi connectivity index (χ3n) is 4.48. The number of nitrogens with zero attached hydrogens (tertiary/aromatic N) is 3. The van der Waals surface area contributed by atoms with Gasteiger partial charge in [-0.2, -0.15) is 14.0 Å². The number of nitrogens with one attached hydrogen (secondary N) is 2. The second kappa shape index (κ2) is 9.18. The van der Waals surface area contributed by atoms with Crippen LogP contribution in [0.5, 0.6) is 11.5 Å². The number of nitriles is 1. The number of rotatable bonds is 7. The minimum absolute atomic E-state index is 0.102. The lowest BCUT2D eigenvalue weighted by Crippen LogP contribution is -2.29. The Morgan fingerprint density at radius 1 is 1.39 bits per heavy atom. The zero-order valence-electron chi connectivity index (χ0n) is 17.2. The van der Waals surface area contributed by atoms with Crippen LogP contribution < -0.4 is 15.9 Å². The summed E-state index contributed by atoms with van der Waals surface area (Å²) in [5.41, 5.74) is -1.59. The molecule has 2 aromatic heterocycles. The fourth-order valence-electron chi connectivity index (χ4n) is 2.87. The summed E-state index contributed by atoms with van der Waals surface area (Å²) in [6.07, 6.45) is 1.87. The van der Waals surface area contributed by atoms with Crippen molar-refractivity contribution in [2.24, 2.45) is 0 Å². The highest BCUT2D eigenvalue weighted by Crippen LogP contribution is 2.33. The molecule has 0 aliphatic heterocycles. The van der Waals surface area contributed by atoms with Crippen molar-refractivity contribution in [3.63, 3.8) is 0 Å². The van der Waals surface area contributed by atoms with Crippen LogP contribution in [0.2, 0.25) is 5.02 Å². The molecule has 0 spiro atoms. The van der Waals surface area contributed by atoms with Crippen LogP contribution >= 0.6 is 11.6 Å². The first-order chi connectivity index (χ1) is 15.5. The number of benzene rings is 1. The maximum atomic E-state index is 14.1. The zero-order chi connectivity index (χ0) is 24.3. The normalized spacial score (nSPS) is 11.0. The zero-order valence-corrected chi connectivity index (χ0v) is 17.9. The number of aromatic nitrogens is 3. The first-order valence-electron chi connectivity index (χ1n) is 9.31. The van der Waals surface area contributed by atoms with Crippen molar-refractivity contribution < 1.29 is 13.5 Å². The Hall–Kier alpha value is -4.10. The molecule has 3 rings (SSSR count). The van der Waals surface area contributed by atoms with Gasteiger partial charge in [0.15, 0.2) is 5.69 Å². The predicted molar refractivity (Wildman–Crippen MR) is 118 cm³/mol. The standard InChI is InChI=1S/C22H16ClF2N5O3/c1-12(8-26)17-4-3-14(20(31)29-17)10-30-11-28-19(22(2,24)25)18(21(30)32)33-16-6-13(9-27)5-15(23)7-16/h3-8,11,26H,1,10H2,2H3,(H,29,31). The van der Waals surface area contributed by atoms with Gasteiger partial charge >= 0.3 is 0 Å². The fourth-order valence-corrected chi connectivity index (χ4v) is 3.09. The summed E-state index contributed by atoms with van der Waals surface area (Å²) in [7, 11) is 0. The molecule has 0 fully saturated rings. The maximum Gasteiger partial charge on any atom is 0.297 e. The van der Waals surface area contributed by atoms with E-state index < -0.39 is 28.5 Å². The maximum absolute atomic E-state index is 14.1. The number of hydrogen-bond donors (Lipinski definition) is 2. The molecule has 11 heteroatoms. The van der Waals surface area contributed by atoms with E-state index in [4.69, 9.17) is 27.0 Å². The van der Waals surface area contributed by atoms with Crippen LogP contribution in [-0.2, 0) is 12.5 Å². The average Bonchev–Trinajstić information content (AvgIpc) is 2.75. The minimum Gasteiger partial charge on any atom is -0.449 e. The van der Waals surface area contributed by atoms with E-state index >= 15 is 0 Å². The molecule has 0 aliphatic rings. The summed E-state index contributed by atoms with van der Waals surface area (Å²) in [5, 5.41) is 16.4. The van der Waals surface area contributed by atoms with E-state index in [9.17, 15) is 18.4 Å². The van der Waals surface area contributed by atoms with Crippen LogP contribution in [0.15, 0.2) is 52.8 Å². The summed E-state index contributed by atoms with van der Waals surface area (Å²) >= 11 is 5.93. The number of pyridine rings is 1. The number of allylic oxidation sites excluding steroid dienone is 1. The molecule has 0 amide bonds. The molecule has 3 aromatic rings. The molecule has 168 valence electrons. The van der Waals surface area contributed by atoms with Gasteiger partial charge in [-0.15, -0.1) is 0 Å². The Morgan fingerprint density at radius 2 is 2.12 bits per heavy atom. The Labute approximate surface area is 190 Å². The lowest BCUT2D eigenvalue weighted by atomic mass is 10.1. The van der Waals surface area contributed by atoms with Crippen LogP contribution in [0.3, 0.4) is 0 Å². The smallest absolute Gasteiger partial charge is 0.297 e. The van der Waals surface area contributed by atoms with Crippen molar-refractivity contribution in [3.05, 3.63) is 91.5 Å². The monoisotopic (exact) mass is 471 g/mol. The molecule has 0 saturated heterocycles. The van der Waals surface area contributed by atoms with Crippen molar-refractivity contribution in [1.82, 2.24) is 14.5 Å². The summed E-state index contributed by atoms with van der Waals surface area (Å²) in [5.74, 6) is -4.38. The van der Waals surface area contributed by atoms with E-state index in [1.54, 1.807) is 0 Å². The van der Waals surface area contributed by atoms with Crippen molar-refractivity contribution in [2.75, 3.05) is 0 Å². The van der Waals surface area contributed by atoms with Crippen LogP contribution in [0.4, 0.5) is 8.78 Å². The topological polar surface area (TPSA) is 125 Å².